The van der Waals surface area contributed by atoms with Crippen molar-refractivity contribution in [3.8, 4) is 11.8 Å². The first-order valence-corrected chi connectivity index (χ1v) is 4.50. The zero-order valence-electron chi connectivity index (χ0n) is 8.89. The molecule has 2 N–H and O–H groups in total. The fourth-order valence-electron chi connectivity index (χ4n) is 1.36. The molecule has 16 heavy (non-hydrogen) atoms. The lowest BCUT2D eigenvalue weighted by atomic mass is 9.98. The lowest BCUT2D eigenvalue weighted by molar-refractivity contribution is -0.147. The Hall–Kier alpha value is -2.06. The molecule has 0 fully saturated rings. The molecule has 1 aromatic rings. The zero-order valence-corrected chi connectivity index (χ0v) is 8.89. The van der Waals surface area contributed by atoms with E-state index in [4.69, 9.17) is 15.1 Å². The molecule has 1 rings (SSSR count). The van der Waals surface area contributed by atoms with Crippen LogP contribution in [-0.2, 0) is 4.79 Å². The molecule has 0 aliphatic rings. The molecule has 0 radical (unpaired) electrons. The number of hydrogen-bond donors (Lipinski definition) is 2. The molecule has 5 heteroatoms. The molecular formula is C11H11NO4. The summed E-state index contributed by atoms with van der Waals surface area (Å²) >= 11 is 0. The number of aliphatic hydroxyl groups is 1. The highest BCUT2D eigenvalue weighted by Gasteiger charge is 2.20. The van der Waals surface area contributed by atoms with Crippen LogP contribution in [-0.4, -0.2) is 23.3 Å². The first-order chi connectivity index (χ1) is 7.51. The van der Waals surface area contributed by atoms with Crippen molar-refractivity contribution in [2.24, 2.45) is 0 Å². The third-order valence-electron chi connectivity index (χ3n) is 2.31. The van der Waals surface area contributed by atoms with Crippen molar-refractivity contribution in [1.29, 1.82) is 5.26 Å². The predicted molar refractivity (Wildman–Crippen MR) is 55.0 cm³/mol. The van der Waals surface area contributed by atoms with Gasteiger partial charge in [-0.1, -0.05) is 0 Å². The Bertz CT molecular complexity index is 462. The molecule has 1 unspecified atom stereocenters. The monoisotopic (exact) mass is 221 g/mol. The van der Waals surface area contributed by atoms with Crippen LogP contribution in [0.3, 0.4) is 0 Å². The number of aliphatic hydroxyl groups excluding tert-OH is 1. The molecule has 84 valence electrons. The van der Waals surface area contributed by atoms with Crippen LogP contribution in [0, 0.1) is 18.3 Å². The van der Waals surface area contributed by atoms with Gasteiger partial charge in [-0.2, -0.15) is 5.26 Å². The van der Waals surface area contributed by atoms with Crippen molar-refractivity contribution in [2.75, 3.05) is 7.11 Å². The summed E-state index contributed by atoms with van der Waals surface area (Å²) in [6.07, 6.45) is -1.65. The summed E-state index contributed by atoms with van der Waals surface area (Å²) in [6.45, 7) is 1.58. The number of aliphatic carboxylic acids is 1. The molecule has 0 aliphatic carbocycles. The van der Waals surface area contributed by atoms with Crippen LogP contribution < -0.4 is 4.74 Å². The van der Waals surface area contributed by atoms with Crippen LogP contribution in [0.2, 0.25) is 0 Å². The SMILES string of the molecule is COc1cc(C#N)c(C)c(C(O)C(=O)O)c1. The van der Waals surface area contributed by atoms with Crippen LogP contribution in [0.4, 0.5) is 0 Å². The van der Waals surface area contributed by atoms with Crippen LogP contribution in [0.15, 0.2) is 12.1 Å². The van der Waals surface area contributed by atoms with Gasteiger partial charge in [0.05, 0.1) is 18.7 Å². The highest BCUT2D eigenvalue weighted by molar-refractivity contribution is 5.75. The van der Waals surface area contributed by atoms with Crippen LogP contribution in [0.5, 0.6) is 5.75 Å². The Morgan fingerprint density at radius 3 is 2.62 bits per heavy atom. The standard InChI is InChI=1S/C11H11NO4/c1-6-7(5-12)3-8(16-2)4-9(6)10(13)11(14)15/h3-4,10,13H,1-2H3,(H,14,15). The molecule has 0 aromatic heterocycles. The highest BCUT2D eigenvalue weighted by atomic mass is 16.5. The predicted octanol–water partition coefficient (Wildman–Crippen LogP) is 0.993. The molecule has 1 aromatic carbocycles. The summed E-state index contributed by atoms with van der Waals surface area (Å²) in [5, 5.41) is 27.0. The van der Waals surface area contributed by atoms with E-state index in [9.17, 15) is 9.90 Å². The molecule has 0 saturated heterocycles. The third kappa shape index (κ3) is 2.12. The number of rotatable bonds is 3. The van der Waals surface area contributed by atoms with Gasteiger partial charge in [0.15, 0.2) is 6.10 Å². The van der Waals surface area contributed by atoms with Gasteiger partial charge in [-0.3, -0.25) is 0 Å². The normalized spacial score (nSPS) is 11.6. The van der Waals surface area contributed by atoms with Gasteiger partial charge in [0.25, 0.3) is 0 Å². The fraction of sp³-hybridized carbons (Fsp3) is 0.273. The van der Waals surface area contributed by atoms with Crippen molar-refractivity contribution in [1.82, 2.24) is 0 Å². The molecule has 0 amide bonds. The highest BCUT2D eigenvalue weighted by Crippen LogP contribution is 2.26. The molecule has 0 heterocycles. The minimum Gasteiger partial charge on any atom is -0.497 e. The largest absolute Gasteiger partial charge is 0.497 e. The Morgan fingerprint density at radius 2 is 2.19 bits per heavy atom. The van der Waals surface area contributed by atoms with Crippen molar-refractivity contribution in [3.05, 3.63) is 28.8 Å². The minimum absolute atomic E-state index is 0.170. The second kappa shape index (κ2) is 4.64. The van der Waals surface area contributed by atoms with Gasteiger partial charge in [0.2, 0.25) is 0 Å². The number of methoxy groups -OCH3 is 1. The molecule has 0 spiro atoms. The molecule has 0 aliphatic heterocycles. The summed E-state index contributed by atoms with van der Waals surface area (Å²) in [7, 11) is 1.41. The van der Waals surface area contributed by atoms with E-state index >= 15 is 0 Å². The lowest BCUT2D eigenvalue weighted by Crippen LogP contribution is -2.12. The number of carboxylic acids is 1. The van der Waals surface area contributed by atoms with E-state index in [1.807, 2.05) is 6.07 Å². The second-order valence-electron chi connectivity index (χ2n) is 3.24. The maximum atomic E-state index is 10.7. The summed E-state index contributed by atoms with van der Waals surface area (Å²) in [5.41, 5.74) is 0.899. The first-order valence-electron chi connectivity index (χ1n) is 4.50. The quantitative estimate of drug-likeness (QED) is 0.794. The van der Waals surface area contributed by atoms with Gasteiger partial charge in [-0.05, 0) is 30.2 Å². The number of nitrogens with zero attached hydrogens (tertiary/aromatic N) is 1. The topological polar surface area (TPSA) is 90.5 Å². The zero-order chi connectivity index (χ0) is 12.3. The number of nitriles is 1. The van der Waals surface area contributed by atoms with E-state index < -0.39 is 12.1 Å². The summed E-state index contributed by atoms with van der Waals surface area (Å²) in [4.78, 5) is 10.7. The number of carboxylic acid groups (broad SMARTS) is 1. The Labute approximate surface area is 92.5 Å². The summed E-state index contributed by atoms with van der Waals surface area (Å²) < 4.78 is 4.93. The molecule has 0 saturated carbocycles. The van der Waals surface area contributed by atoms with Gasteiger partial charge < -0.3 is 14.9 Å². The van der Waals surface area contributed by atoms with Crippen molar-refractivity contribution < 1.29 is 19.7 Å². The fourth-order valence-corrected chi connectivity index (χ4v) is 1.36. The minimum atomic E-state index is -1.65. The van der Waals surface area contributed by atoms with Crippen molar-refractivity contribution in [2.45, 2.75) is 13.0 Å². The van der Waals surface area contributed by atoms with Crippen molar-refractivity contribution >= 4 is 5.97 Å². The van der Waals surface area contributed by atoms with E-state index in [0.29, 0.717) is 11.3 Å². The number of carbonyl (C=O) groups is 1. The maximum Gasteiger partial charge on any atom is 0.337 e. The Balaban J connectivity index is 3.38. The third-order valence-corrected chi connectivity index (χ3v) is 2.31. The summed E-state index contributed by atoms with van der Waals surface area (Å²) in [5.74, 6) is -1.02. The van der Waals surface area contributed by atoms with E-state index in [-0.39, 0.29) is 11.1 Å². The molecular weight excluding hydrogens is 210 g/mol. The van der Waals surface area contributed by atoms with Gasteiger partial charge in [-0.25, -0.2) is 4.79 Å². The van der Waals surface area contributed by atoms with E-state index in [1.165, 1.54) is 19.2 Å². The van der Waals surface area contributed by atoms with Crippen LogP contribution >= 0.6 is 0 Å². The van der Waals surface area contributed by atoms with Gasteiger partial charge in [0, 0.05) is 0 Å². The van der Waals surface area contributed by atoms with Gasteiger partial charge in [-0.15, -0.1) is 0 Å². The van der Waals surface area contributed by atoms with Crippen molar-refractivity contribution in [3.63, 3.8) is 0 Å². The van der Waals surface area contributed by atoms with Crippen LogP contribution in [0.25, 0.3) is 0 Å². The average Bonchev–Trinajstić information content (AvgIpc) is 2.28. The number of ether oxygens (including phenoxy) is 1. The Kier molecular flexibility index (Phi) is 3.48. The van der Waals surface area contributed by atoms with Gasteiger partial charge >= 0.3 is 5.97 Å². The average molecular weight is 221 g/mol. The van der Waals surface area contributed by atoms with E-state index in [0.717, 1.165) is 0 Å². The smallest absolute Gasteiger partial charge is 0.337 e. The summed E-state index contributed by atoms with van der Waals surface area (Å²) in [6, 6.07) is 4.83. The maximum absolute atomic E-state index is 10.7. The first kappa shape index (κ1) is 12.0. The lowest BCUT2D eigenvalue weighted by Gasteiger charge is -2.12. The molecule has 1 atom stereocenters. The molecule has 5 nitrogen and oxygen atoms in total. The molecule has 0 bridgehead atoms. The van der Waals surface area contributed by atoms with E-state index in [2.05, 4.69) is 0 Å². The van der Waals surface area contributed by atoms with E-state index in [1.54, 1.807) is 6.92 Å². The number of hydrogen-bond acceptors (Lipinski definition) is 4. The van der Waals surface area contributed by atoms with Crippen LogP contribution in [0.1, 0.15) is 22.8 Å². The second-order valence-corrected chi connectivity index (χ2v) is 3.24. The number of benzene rings is 1. The Morgan fingerprint density at radius 1 is 1.56 bits per heavy atom. The van der Waals surface area contributed by atoms with Gasteiger partial charge in [0.1, 0.15) is 5.75 Å².